The normalized spacial score (nSPS) is 12.6. The lowest BCUT2D eigenvalue weighted by atomic mass is 10.0. The molecule has 0 aliphatic rings. The maximum Gasteiger partial charge on any atom is 0.226 e. The number of carbonyl (C=O) groups excluding carboxylic acids is 1. The SMILES string of the molecule is Cc1cc(F)cc(NC(=O)CC(O)C(C)C)c1. The fraction of sp³-hybridized carbons (Fsp3) is 0.462. The molecule has 1 atom stereocenters. The fourth-order valence-electron chi connectivity index (χ4n) is 1.45. The van der Waals surface area contributed by atoms with Gasteiger partial charge in [-0.2, -0.15) is 0 Å². The second kappa shape index (κ2) is 5.77. The summed E-state index contributed by atoms with van der Waals surface area (Å²) in [6.07, 6.45) is -0.655. The van der Waals surface area contributed by atoms with Crippen LogP contribution in [0.3, 0.4) is 0 Å². The second-order valence-corrected chi connectivity index (χ2v) is 4.58. The van der Waals surface area contributed by atoms with Crippen molar-refractivity contribution >= 4 is 11.6 Å². The summed E-state index contributed by atoms with van der Waals surface area (Å²) in [7, 11) is 0. The van der Waals surface area contributed by atoms with E-state index in [2.05, 4.69) is 5.32 Å². The molecule has 0 saturated carbocycles. The minimum absolute atomic E-state index is 0.0211. The van der Waals surface area contributed by atoms with Crippen molar-refractivity contribution in [1.82, 2.24) is 0 Å². The van der Waals surface area contributed by atoms with Gasteiger partial charge in [0.05, 0.1) is 12.5 Å². The summed E-state index contributed by atoms with van der Waals surface area (Å²) in [6.45, 7) is 5.43. The van der Waals surface area contributed by atoms with E-state index in [1.807, 2.05) is 13.8 Å². The smallest absolute Gasteiger partial charge is 0.226 e. The first-order chi connectivity index (χ1) is 7.88. The number of aliphatic hydroxyl groups excluding tert-OH is 1. The Morgan fingerprint density at radius 3 is 2.59 bits per heavy atom. The van der Waals surface area contributed by atoms with Crippen LogP contribution in [0.25, 0.3) is 0 Å². The van der Waals surface area contributed by atoms with E-state index in [0.29, 0.717) is 5.69 Å². The van der Waals surface area contributed by atoms with Crippen molar-refractivity contribution in [3.8, 4) is 0 Å². The monoisotopic (exact) mass is 239 g/mol. The van der Waals surface area contributed by atoms with Gasteiger partial charge in [-0.25, -0.2) is 4.39 Å². The van der Waals surface area contributed by atoms with Gasteiger partial charge in [-0.3, -0.25) is 4.79 Å². The van der Waals surface area contributed by atoms with Crippen LogP contribution in [-0.4, -0.2) is 17.1 Å². The van der Waals surface area contributed by atoms with E-state index in [0.717, 1.165) is 5.56 Å². The van der Waals surface area contributed by atoms with E-state index < -0.39 is 6.10 Å². The molecule has 0 aliphatic heterocycles. The first kappa shape index (κ1) is 13.6. The summed E-state index contributed by atoms with van der Waals surface area (Å²) in [6, 6.07) is 4.33. The average Bonchev–Trinajstić information content (AvgIpc) is 2.14. The predicted octanol–water partition coefficient (Wildman–Crippen LogP) is 2.48. The lowest BCUT2D eigenvalue weighted by molar-refractivity contribution is -0.118. The maximum absolute atomic E-state index is 13.1. The Bertz CT molecular complexity index is 384. The predicted molar refractivity (Wildman–Crippen MR) is 65.2 cm³/mol. The van der Waals surface area contributed by atoms with Crippen molar-refractivity contribution in [2.75, 3.05) is 5.32 Å². The molecule has 0 fully saturated rings. The number of amides is 1. The number of aliphatic hydroxyl groups is 1. The Balaban J connectivity index is 2.62. The molecule has 1 unspecified atom stereocenters. The van der Waals surface area contributed by atoms with Crippen molar-refractivity contribution in [3.05, 3.63) is 29.6 Å². The van der Waals surface area contributed by atoms with Crippen LogP contribution in [0.15, 0.2) is 18.2 Å². The van der Waals surface area contributed by atoms with Crippen LogP contribution < -0.4 is 5.32 Å². The van der Waals surface area contributed by atoms with Crippen LogP contribution in [0.4, 0.5) is 10.1 Å². The highest BCUT2D eigenvalue weighted by atomic mass is 19.1. The highest BCUT2D eigenvalue weighted by molar-refractivity contribution is 5.91. The largest absolute Gasteiger partial charge is 0.392 e. The zero-order valence-corrected chi connectivity index (χ0v) is 10.3. The average molecular weight is 239 g/mol. The quantitative estimate of drug-likeness (QED) is 0.848. The highest BCUT2D eigenvalue weighted by Gasteiger charge is 2.14. The summed E-state index contributed by atoms with van der Waals surface area (Å²) in [5.74, 6) is -0.670. The topological polar surface area (TPSA) is 49.3 Å². The summed E-state index contributed by atoms with van der Waals surface area (Å²) in [5.41, 5.74) is 1.16. The summed E-state index contributed by atoms with van der Waals surface area (Å²) in [5, 5.41) is 12.1. The van der Waals surface area contributed by atoms with Crippen LogP contribution in [0.5, 0.6) is 0 Å². The molecule has 0 aliphatic carbocycles. The van der Waals surface area contributed by atoms with Crippen molar-refractivity contribution in [2.45, 2.75) is 33.3 Å². The number of benzene rings is 1. The van der Waals surface area contributed by atoms with Crippen LogP contribution in [0, 0.1) is 18.7 Å². The molecule has 0 radical (unpaired) electrons. The molecule has 1 aromatic rings. The third kappa shape index (κ3) is 4.53. The summed E-state index contributed by atoms with van der Waals surface area (Å²) >= 11 is 0. The van der Waals surface area contributed by atoms with Gasteiger partial charge in [0, 0.05) is 5.69 Å². The zero-order valence-electron chi connectivity index (χ0n) is 10.3. The van der Waals surface area contributed by atoms with E-state index in [9.17, 15) is 14.3 Å². The van der Waals surface area contributed by atoms with Crippen molar-refractivity contribution in [3.63, 3.8) is 0 Å². The molecule has 3 nitrogen and oxygen atoms in total. The molecule has 0 heterocycles. The molecule has 4 heteroatoms. The third-order valence-corrected chi connectivity index (χ3v) is 2.49. The maximum atomic E-state index is 13.1. The number of nitrogens with one attached hydrogen (secondary N) is 1. The van der Waals surface area contributed by atoms with Gasteiger partial charge in [0.15, 0.2) is 0 Å². The number of halogens is 1. The van der Waals surface area contributed by atoms with E-state index in [1.54, 1.807) is 13.0 Å². The Morgan fingerprint density at radius 2 is 2.06 bits per heavy atom. The molecule has 94 valence electrons. The lowest BCUT2D eigenvalue weighted by Gasteiger charge is -2.14. The first-order valence-corrected chi connectivity index (χ1v) is 5.63. The number of aryl methyl sites for hydroxylation is 1. The van der Waals surface area contributed by atoms with Crippen LogP contribution in [0.2, 0.25) is 0 Å². The molecule has 1 rings (SSSR count). The summed E-state index contributed by atoms with van der Waals surface area (Å²) in [4.78, 5) is 11.6. The van der Waals surface area contributed by atoms with E-state index in [1.165, 1.54) is 12.1 Å². The molecule has 2 N–H and O–H groups in total. The molecule has 0 saturated heterocycles. The van der Waals surface area contributed by atoms with Gasteiger partial charge in [0.1, 0.15) is 5.82 Å². The third-order valence-electron chi connectivity index (χ3n) is 2.49. The number of carbonyl (C=O) groups is 1. The zero-order chi connectivity index (χ0) is 13.0. The molecule has 1 amide bonds. The molecule has 17 heavy (non-hydrogen) atoms. The minimum atomic E-state index is -0.676. The van der Waals surface area contributed by atoms with Gasteiger partial charge in [0.25, 0.3) is 0 Å². The van der Waals surface area contributed by atoms with Crippen molar-refractivity contribution in [2.24, 2.45) is 5.92 Å². The molecule has 1 aromatic carbocycles. The number of rotatable bonds is 4. The number of hydrogen-bond acceptors (Lipinski definition) is 2. The van der Waals surface area contributed by atoms with E-state index in [-0.39, 0.29) is 24.1 Å². The van der Waals surface area contributed by atoms with E-state index in [4.69, 9.17) is 0 Å². The van der Waals surface area contributed by atoms with Gasteiger partial charge >= 0.3 is 0 Å². The molecular weight excluding hydrogens is 221 g/mol. The Kier molecular flexibility index (Phi) is 4.63. The molecule has 0 bridgehead atoms. The highest BCUT2D eigenvalue weighted by Crippen LogP contribution is 2.14. The van der Waals surface area contributed by atoms with Gasteiger partial charge in [-0.05, 0) is 36.6 Å². The lowest BCUT2D eigenvalue weighted by Crippen LogP contribution is -2.23. The molecule has 0 aromatic heterocycles. The standard InChI is InChI=1S/C13H18FNO2/c1-8(2)12(16)7-13(17)15-11-5-9(3)4-10(14)6-11/h4-6,8,12,16H,7H2,1-3H3,(H,15,17). The van der Waals surface area contributed by atoms with Gasteiger partial charge in [0.2, 0.25) is 5.91 Å². The fourth-order valence-corrected chi connectivity index (χ4v) is 1.45. The minimum Gasteiger partial charge on any atom is -0.392 e. The first-order valence-electron chi connectivity index (χ1n) is 5.63. The Morgan fingerprint density at radius 1 is 1.41 bits per heavy atom. The number of hydrogen-bond donors (Lipinski definition) is 2. The number of anilines is 1. The van der Waals surface area contributed by atoms with Crippen LogP contribution >= 0.6 is 0 Å². The summed E-state index contributed by atoms with van der Waals surface area (Å²) < 4.78 is 13.1. The van der Waals surface area contributed by atoms with Gasteiger partial charge < -0.3 is 10.4 Å². The Labute approximate surface area is 101 Å². The van der Waals surface area contributed by atoms with Crippen molar-refractivity contribution < 1.29 is 14.3 Å². The van der Waals surface area contributed by atoms with Gasteiger partial charge in [-0.15, -0.1) is 0 Å². The van der Waals surface area contributed by atoms with Crippen LogP contribution in [-0.2, 0) is 4.79 Å². The molecular formula is C13H18FNO2. The Hall–Kier alpha value is -1.42. The van der Waals surface area contributed by atoms with Crippen molar-refractivity contribution in [1.29, 1.82) is 0 Å². The molecule has 0 spiro atoms. The van der Waals surface area contributed by atoms with Gasteiger partial charge in [-0.1, -0.05) is 13.8 Å². The van der Waals surface area contributed by atoms with Crippen LogP contribution in [0.1, 0.15) is 25.8 Å². The van der Waals surface area contributed by atoms with E-state index >= 15 is 0 Å². The second-order valence-electron chi connectivity index (χ2n) is 4.58.